The standard InChI is InChI=1S/C15H22FN3O/c1-3-11(2)18-6-8-19(9-7-18)15(20)13-10-12(17)4-5-14(13)16/h4-5,10-11H,3,6-9,17H2,1-2H3. The number of piperazine rings is 1. The molecule has 1 fully saturated rings. The van der Waals surface area contributed by atoms with Crippen molar-refractivity contribution in [3.63, 3.8) is 0 Å². The molecule has 1 aliphatic heterocycles. The lowest BCUT2D eigenvalue weighted by atomic mass is 10.1. The van der Waals surface area contributed by atoms with Crippen LogP contribution in [0.5, 0.6) is 0 Å². The van der Waals surface area contributed by atoms with Gasteiger partial charge in [0.15, 0.2) is 0 Å². The van der Waals surface area contributed by atoms with Gasteiger partial charge in [0.25, 0.3) is 5.91 Å². The SMILES string of the molecule is CCC(C)N1CCN(C(=O)c2cc(N)ccc2F)CC1. The van der Waals surface area contributed by atoms with Crippen molar-refractivity contribution in [2.45, 2.75) is 26.3 Å². The number of halogens is 1. The van der Waals surface area contributed by atoms with Gasteiger partial charge in [-0.05, 0) is 31.5 Å². The normalized spacial score (nSPS) is 18.1. The van der Waals surface area contributed by atoms with Crippen molar-refractivity contribution in [1.82, 2.24) is 9.80 Å². The van der Waals surface area contributed by atoms with Crippen molar-refractivity contribution in [2.75, 3.05) is 31.9 Å². The molecule has 0 bridgehead atoms. The fourth-order valence-electron chi connectivity index (χ4n) is 2.50. The molecule has 0 spiro atoms. The summed E-state index contributed by atoms with van der Waals surface area (Å²) in [6.45, 7) is 7.30. The van der Waals surface area contributed by atoms with E-state index < -0.39 is 5.82 Å². The third-order valence-electron chi connectivity index (χ3n) is 4.04. The van der Waals surface area contributed by atoms with E-state index in [1.165, 1.54) is 18.2 Å². The zero-order valence-electron chi connectivity index (χ0n) is 12.1. The highest BCUT2D eigenvalue weighted by atomic mass is 19.1. The minimum absolute atomic E-state index is 0.0713. The Labute approximate surface area is 119 Å². The Bertz CT molecular complexity index is 484. The molecule has 0 aromatic heterocycles. The lowest BCUT2D eigenvalue weighted by Crippen LogP contribution is -2.51. The van der Waals surface area contributed by atoms with Gasteiger partial charge >= 0.3 is 0 Å². The van der Waals surface area contributed by atoms with Crippen LogP contribution in [0, 0.1) is 5.82 Å². The first-order chi connectivity index (χ1) is 9.52. The fraction of sp³-hybridized carbons (Fsp3) is 0.533. The summed E-state index contributed by atoms with van der Waals surface area (Å²) < 4.78 is 13.7. The van der Waals surface area contributed by atoms with Gasteiger partial charge in [0, 0.05) is 37.9 Å². The minimum atomic E-state index is -0.506. The molecule has 0 radical (unpaired) electrons. The molecule has 2 rings (SSSR count). The average molecular weight is 279 g/mol. The fourth-order valence-corrected chi connectivity index (χ4v) is 2.50. The smallest absolute Gasteiger partial charge is 0.256 e. The number of benzene rings is 1. The maximum atomic E-state index is 13.7. The van der Waals surface area contributed by atoms with Crippen LogP contribution in [0.25, 0.3) is 0 Å². The van der Waals surface area contributed by atoms with Gasteiger partial charge in [-0.2, -0.15) is 0 Å². The highest BCUT2D eigenvalue weighted by molar-refractivity contribution is 5.95. The van der Waals surface area contributed by atoms with Crippen LogP contribution < -0.4 is 5.73 Å². The Kier molecular flexibility index (Phi) is 4.60. The first kappa shape index (κ1) is 14.8. The molecule has 1 aromatic carbocycles. The first-order valence-electron chi connectivity index (χ1n) is 7.11. The molecule has 20 heavy (non-hydrogen) atoms. The lowest BCUT2D eigenvalue weighted by molar-refractivity contribution is 0.0575. The van der Waals surface area contributed by atoms with E-state index in [-0.39, 0.29) is 11.5 Å². The molecular weight excluding hydrogens is 257 g/mol. The van der Waals surface area contributed by atoms with E-state index in [1.54, 1.807) is 4.90 Å². The van der Waals surface area contributed by atoms with E-state index in [0.717, 1.165) is 19.5 Å². The lowest BCUT2D eigenvalue weighted by Gasteiger charge is -2.37. The maximum absolute atomic E-state index is 13.7. The van der Waals surface area contributed by atoms with Crippen LogP contribution in [0.4, 0.5) is 10.1 Å². The summed E-state index contributed by atoms with van der Waals surface area (Å²) in [5.74, 6) is -0.771. The number of nitrogens with two attached hydrogens (primary N) is 1. The van der Waals surface area contributed by atoms with Crippen LogP contribution in [0.2, 0.25) is 0 Å². The Morgan fingerprint density at radius 2 is 2.00 bits per heavy atom. The predicted octanol–water partition coefficient (Wildman–Crippen LogP) is 1.96. The summed E-state index contributed by atoms with van der Waals surface area (Å²) in [6, 6.07) is 4.65. The molecule has 1 amide bonds. The summed E-state index contributed by atoms with van der Waals surface area (Å²) in [5, 5.41) is 0. The predicted molar refractivity (Wildman–Crippen MR) is 78.0 cm³/mol. The zero-order valence-corrected chi connectivity index (χ0v) is 12.1. The Morgan fingerprint density at radius 3 is 2.60 bits per heavy atom. The number of nitrogen functional groups attached to an aromatic ring is 1. The second kappa shape index (κ2) is 6.22. The van der Waals surface area contributed by atoms with Gasteiger partial charge in [0.05, 0.1) is 5.56 Å². The monoisotopic (exact) mass is 279 g/mol. The van der Waals surface area contributed by atoms with Gasteiger partial charge in [0.1, 0.15) is 5.82 Å². The number of nitrogens with zero attached hydrogens (tertiary/aromatic N) is 2. The molecule has 1 heterocycles. The van der Waals surface area contributed by atoms with Crippen LogP contribution in [-0.2, 0) is 0 Å². The average Bonchev–Trinajstić information content (AvgIpc) is 2.48. The van der Waals surface area contributed by atoms with Crippen LogP contribution >= 0.6 is 0 Å². The first-order valence-corrected chi connectivity index (χ1v) is 7.11. The molecule has 1 unspecified atom stereocenters. The number of carbonyl (C=O) groups is 1. The molecule has 0 aliphatic carbocycles. The van der Waals surface area contributed by atoms with Gasteiger partial charge in [-0.25, -0.2) is 4.39 Å². The van der Waals surface area contributed by atoms with E-state index in [1.807, 2.05) is 0 Å². The third kappa shape index (κ3) is 3.10. The van der Waals surface area contributed by atoms with Crippen molar-refractivity contribution < 1.29 is 9.18 Å². The highest BCUT2D eigenvalue weighted by Crippen LogP contribution is 2.16. The Balaban J connectivity index is 2.03. The topological polar surface area (TPSA) is 49.6 Å². The van der Waals surface area contributed by atoms with Crippen molar-refractivity contribution in [2.24, 2.45) is 0 Å². The number of amides is 1. The van der Waals surface area contributed by atoms with Crippen LogP contribution in [-0.4, -0.2) is 47.9 Å². The molecule has 1 aliphatic rings. The molecule has 1 aromatic rings. The van der Waals surface area contributed by atoms with Gasteiger partial charge in [-0.1, -0.05) is 6.92 Å². The highest BCUT2D eigenvalue weighted by Gasteiger charge is 2.25. The van der Waals surface area contributed by atoms with Gasteiger partial charge < -0.3 is 10.6 Å². The quantitative estimate of drug-likeness (QED) is 0.861. The van der Waals surface area contributed by atoms with Crippen LogP contribution in [0.15, 0.2) is 18.2 Å². The number of hydrogen-bond acceptors (Lipinski definition) is 3. The summed E-state index contributed by atoms with van der Waals surface area (Å²) >= 11 is 0. The van der Waals surface area contributed by atoms with Gasteiger partial charge in [-0.3, -0.25) is 9.69 Å². The van der Waals surface area contributed by atoms with Crippen molar-refractivity contribution in [3.05, 3.63) is 29.6 Å². The molecule has 0 saturated carbocycles. The van der Waals surface area contributed by atoms with Crippen LogP contribution in [0.1, 0.15) is 30.6 Å². The van der Waals surface area contributed by atoms with E-state index in [0.29, 0.717) is 24.8 Å². The maximum Gasteiger partial charge on any atom is 0.256 e. The number of rotatable bonds is 3. The van der Waals surface area contributed by atoms with E-state index in [2.05, 4.69) is 18.7 Å². The van der Waals surface area contributed by atoms with Gasteiger partial charge in [-0.15, -0.1) is 0 Å². The molecule has 2 N–H and O–H groups in total. The Morgan fingerprint density at radius 1 is 1.35 bits per heavy atom. The van der Waals surface area contributed by atoms with Crippen molar-refractivity contribution >= 4 is 11.6 Å². The van der Waals surface area contributed by atoms with E-state index >= 15 is 0 Å². The van der Waals surface area contributed by atoms with Gasteiger partial charge in [0.2, 0.25) is 0 Å². The zero-order chi connectivity index (χ0) is 14.7. The number of carbonyl (C=O) groups excluding carboxylic acids is 1. The number of anilines is 1. The van der Waals surface area contributed by atoms with E-state index in [4.69, 9.17) is 5.73 Å². The second-order valence-electron chi connectivity index (χ2n) is 5.32. The molecule has 5 heteroatoms. The summed E-state index contributed by atoms with van der Waals surface area (Å²) in [4.78, 5) is 16.4. The summed E-state index contributed by atoms with van der Waals surface area (Å²) in [5.41, 5.74) is 6.11. The molecule has 1 atom stereocenters. The van der Waals surface area contributed by atoms with Crippen molar-refractivity contribution in [3.8, 4) is 0 Å². The largest absolute Gasteiger partial charge is 0.399 e. The Hall–Kier alpha value is -1.62. The van der Waals surface area contributed by atoms with Crippen molar-refractivity contribution in [1.29, 1.82) is 0 Å². The van der Waals surface area contributed by atoms with Crippen LogP contribution in [0.3, 0.4) is 0 Å². The number of hydrogen-bond donors (Lipinski definition) is 1. The molecule has 110 valence electrons. The molecule has 4 nitrogen and oxygen atoms in total. The summed E-state index contributed by atoms with van der Waals surface area (Å²) in [6.07, 6.45) is 1.10. The minimum Gasteiger partial charge on any atom is -0.399 e. The molecule has 1 saturated heterocycles. The molecular formula is C15H22FN3O. The third-order valence-corrected chi connectivity index (χ3v) is 4.04. The second-order valence-corrected chi connectivity index (χ2v) is 5.32. The summed E-state index contributed by atoms with van der Waals surface area (Å²) in [7, 11) is 0. The van der Waals surface area contributed by atoms with E-state index in [9.17, 15) is 9.18 Å².